The second-order valence-corrected chi connectivity index (χ2v) is 7.08. The van der Waals surface area contributed by atoms with E-state index in [4.69, 9.17) is 23.2 Å². The Balaban J connectivity index is 2.39. The summed E-state index contributed by atoms with van der Waals surface area (Å²) in [5.41, 5.74) is 0.167. The van der Waals surface area contributed by atoms with E-state index in [1.54, 1.807) is 13.8 Å². The van der Waals surface area contributed by atoms with Crippen molar-refractivity contribution in [3.05, 3.63) is 44.8 Å². The van der Waals surface area contributed by atoms with Crippen LogP contribution in [0.4, 0.5) is 0 Å². The number of carbonyl (C=O) groups is 3. The summed E-state index contributed by atoms with van der Waals surface area (Å²) < 4.78 is 4.53. The van der Waals surface area contributed by atoms with Gasteiger partial charge in [-0.05, 0) is 43.8 Å². The normalized spacial score (nSPS) is 17.7. The lowest BCUT2D eigenvalue weighted by atomic mass is 10.2. The van der Waals surface area contributed by atoms with Crippen LogP contribution in [-0.4, -0.2) is 41.0 Å². The van der Waals surface area contributed by atoms with Crippen molar-refractivity contribution in [3.8, 4) is 0 Å². The summed E-state index contributed by atoms with van der Waals surface area (Å²) in [6.45, 7) is 3.55. The summed E-state index contributed by atoms with van der Waals surface area (Å²) in [6, 6.07) is 4.17. The van der Waals surface area contributed by atoms with Crippen molar-refractivity contribution in [3.63, 3.8) is 0 Å². The minimum atomic E-state index is -0.659. The maximum Gasteiger partial charge on any atom is 0.331 e. The summed E-state index contributed by atoms with van der Waals surface area (Å²) in [6.07, 6.45) is 1.07. The van der Waals surface area contributed by atoms with E-state index in [9.17, 15) is 14.4 Å². The first kappa shape index (κ1) is 19.5. The van der Waals surface area contributed by atoms with E-state index >= 15 is 0 Å². The molecule has 0 saturated carbocycles. The maximum atomic E-state index is 12.4. The van der Waals surface area contributed by atoms with Crippen molar-refractivity contribution in [1.82, 2.24) is 4.90 Å². The van der Waals surface area contributed by atoms with Crippen molar-refractivity contribution < 1.29 is 19.1 Å². The number of amides is 2. The number of methoxy groups -OCH3 is 1. The van der Waals surface area contributed by atoms with Gasteiger partial charge in [-0.25, -0.2) is 4.79 Å². The summed E-state index contributed by atoms with van der Waals surface area (Å²) in [4.78, 5) is 41.7. The van der Waals surface area contributed by atoms with Crippen LogP contribution >= 0.6 is 35.0 Å². The van der Waals surface area contributed by atoms with Gasteiger partial charge in [0.1, 0.15) is 0 Å². The predicted octanol–water partition coefficient (Wildman–Crippen LogP) is 3.53. The van der Waals surface area contributed by atoms with Gasteiger partial charge in [0, 0.05) is 17.1 Å². The molecule has 9 heteroatoms. The van der Waals surface area contributed by atoms with Gasteiger partial charge in [0.25, 0.3) is 11.8 Å². The van der Waals surface area contributed by atoms with Crippen LogP contribution in [-0.2, 0) is 14.3 Å². The number of aliphatic imine (C=N–C) groups is 1. The standard InChI is InChI=1S/C16H14Cl2N2O4S/c1-8(2)20-15(23)12(7-13(21)24-3)25-16(20)19-14(22)10-5-4-9(17)6-11(10)18/h4-8H,1-3H3. The molecule has 1 fully saturated rings. The highest BCUT2D eigenvalue weighted by Gasteiger charge is 2.36. The van der Waals surface area contributed by atoms with Crippen LogP contribution in [0.3, 0.4) is 0 Å². The van der Waals surface area contributed by atoms with Gasteiger partial charge in [-0.2, -0.15) is 4.99 Å². The number of thioether (sulfide) groups is 1. The fraction of sp³-hybridized carbons (Fsp3) is 0.250. The number of halogens is 2. The highest BCUT2D eigenvalue weighted by Crippen LogP contribution is 2.33. The van der Waals surface area contributed by atoms with Gasteiger partial charge in [-0.15, -0.1) is 0 Å². The van der Waals surface area contributed by atoms with Crippen molar-refractivity contribution in [2.24, 2.45) is 4.99 Å². The molecule has 0 spiro atoms. The first-order chi connectivity index (χ1) is 11.7. The quantitative estimate of drug-likeness (QED) is 0.572. The van der Waals surface area contributed by atoms with Crippen molar-refractivity contribution >= 4 is 57.9 Å². The molecule has 1 saturated heterocycles. The monoisotopic (exact) mass is 400 g/mol. The summed E-state index contributed by atoms with van der Waals surface area (Å²) in [7, 11) is 1.21. The Morgan fingerprint density at radius 3 is 2.56 bits per heavy atom. The highest BCUT2D eigenvalue weighted by atomic mass is 35.5. The smallest absolute Gasteiger partial charge is 0.331 e. The molecule has 0 bridgehead atoms. The molecule has 132 valence electrons. The zero-order valence-corrected chi connectivity index (χ0v) is 15.9. The number of ether oxygens (including phenoxy) is 1. The lowest BCUT2D eigenvalue weighted by Crippen LogP contribution is -2.36. The zero-order chi connectivity index (χ0) is 18.7. The van der Waals surface area contributed by atoms with E-state index in [1.807, 2.05) is 0 Å². The first-order valence-electron chi connectivity index (χ1n) is 7.13. The van der Waals surface area contributed by atoms with Crippen molar-refractivity contribution in [1.29, 1.82) is 0 Å². The Morgan fingerprint density at radius 2 is 2.00 bits per heavy atom. The number of benzene rings is 1. The molecular formula is C16H14Cl2N2O4S. The second kappa shape index (κ2) is 8.03. The third-order valence-corrected chi connectivity index (χ3v) is 4.69. The number of hydrogen-bond acceptors (Lipinski definition) is 5. The minimum Gasteiger partial charge on any atom is -0.466 e. The lowest BCUT2D eigenvalue weighted by Gasteiger charge is -2.19. The van der Waals surface area contributed by atoms with Crippen LogP contribution in [0.25, 0.3) is 0 Å². The van der Waals surface area contributed by atoms with Gasteiger partial charge in [-0.3, -0.25) is 14.5 Å². The Bertz CT molecular complexity index is 805. The van der Waals surface area contributed by atoms with E-state index in [0.717, 1.165) is 17.8 Å². The molecule has 1 aromatic carbocycles. The van der Waals surface area contributed by atoms with E-state index in [-0.39, 0.29) is 26.7 Å². The molecule has 0 unspecified atom stereocenters. The van der Waals surface area contributed by atoms with Crippen molar-refractivity contribution in [2.75, 3.05) is 7.11 Å². The average molecular weight is 401 g/mol. The molecule has 0 N–H and O–H groups in total. The largest absolute Gasteiger partial charge is 0.466 e. The third kappa shape index (κ3) is 4.42. The Labute approximate surface area is 158 Å². The molecule has 2 rings (SSSR count). The van der Waals surface area contributed by atoms with E-state index in [2.05, 4.69) is 9.73 Å². The van der Waals surface area contributed by atoms with Crippen LogP contribution in [0.15, 0.2) is 34.2 Å². The molecule has 1 aromatic rings. The molecule has 1 aliphatic rings. The molecule has 25 heavy (non-hydrogen) atoms. The number of hydrogen-bond donors (Lipinski definition) is 0. The fourth-order valence-electron chi connectivity index (χ4n) is 2.00. The summed E-state index contributed by atoms with van der Waals surface area (Å²) >= 11 is 12.8. The minimum absolute atomic E-state index is 0.134. The molecule has 0 aliphatic carbocycles. The van der Waals surface area contributed by atoms with Gasteiger partial charge in [0.15, 0.2) is 5.17 Å². The average Bonchev–Trinajstić information content (AvgIpc) is 2.82. The highest BCUT2D eigenvalue weighted by molar-refractivity contribution is 8.18. The van der Waals surface area contributed by atoms with Gasteiger partial charge >= 0.3 is 5.97 Å². The van der Waals surface area contributed by atoms with Crippen LogP contribution < -0.4 is 0 Å². The Hall–Kier alpha value is -1.83. The molecule has 0 aromatic heterocycles. The van der Waals surface area contributed by atoms with Crippen LogP contribution in [0.2, 0.25) is 10.0 Å². The lowest BCUT2D eigenvalue weighted by molar-refractivity contribution is -0.135. The summed E-state index contributed by atoms with van der Waals surface area (Å²) in [5.74, 6) is -1.69. The van der Waals surface area contributed by atoms with E-state index in [1.165, 1.54) is 30.2 Å². The fourth-order valence-corrected chi connectivity index (χ4v) is 3.54. The Morgan fingerprint density at radius 1 is 1.32 bits per heavy atom. The molecule has 0 atom stereocenters. The third-order valence-electron chi connectivity index (χ3n) is 3.16. The summed E-state index contributed by atoms with van der Waals surface area (Å²) in [5, 5.41) is 0.732. The molecule has 1 heterocycles. The SMILES string of the molecule is COC(=O)C=C1SC(=NC(=O)c2ccc(Cl)cc2Cl)N(C(C)C)C1=O. The number of esters is 1. The van der Waals surface area contributed by atoms with Crippen LogP contribution in [0, 0.1) is 0 Å². The van der Waals surface area contributed by atoms with Gasteiger partial charge in [0.05, 0.1) is 22.6 Å². The van der Waals surface area contributed by atoms with Crippen LogP contribution in [0.1, 0.15) is 24.2 Å². The first-order valence-corrected chi connectivity index (χ1v) is 8.71. The molecule has 0 radical (unpaired) electrons. The Kier molecular flexibility index (Phi) is 6.26. The number of rotatable bonds is 3. The maximum absolute atomic E-state index is 12.4. The number of carbonyl (C=O) groups excluding carboxylic acids is 3. The van der Waals surface area contributed by atoms with E-state index < -0.39 is 17.8 Å². The molecule has 6 nitrogen and oxygen atoms in total. The second-order valence-electron chi connectivity index (χ2n) is 5.23. The zero-order valence-electron chi connectivity index (χ0n) is 13.6. The number of amidine groups is 1. The van der Waals surface area contributed by atoms with Crippen LogP contribution in [0.5, 0.6) is 0 Å². The van der Waals surface area contributed by atoms with Gasteiger partial charge in [-0.1, -0.05) is 23.2 Å². The number of nitrogens with zero attached hydrogens (tertiary/aromatic N) is 2. The predicted molar refractivity (Wildman–Crippen MR) is 97.9 cm³/mol. The molecule has 2 amide bonds. The molecule has 1 aliphatic heterocycles. The van der Waals surface area contributed by atoms with E-state index in [0.29, 0.717) is 5.02 Å². The topological polar surface area (TPSA) is 76.0 Å². The van der Waals surface area contributed by atoms with Gasteiger partial charge in [0.2, 0.25) is 0 Å². The van der Waals surface area contributed by atoms with Gasteiger partial charge < -0.3 is 4.74 Å². The molecular weight excluding hydrogens is 387 g/mol. The van der Waals surface area contributed by atoms with Crippen molar-refractivity contribution in [2.45, 2.75) is 19.9 Å².